The SMILES string of the molecule is CC(=O)Nc1ccc(Nc2nnc(-c3ccc(C)c(S(=O)(=O)NCCO)c3)c3ccccc23)cc1. The minimum Gasteiger partial charge on any atom is -0.395 e. The van der Waals surface area contributed by atoms with Crippen molar-refractivity contribution in [3.63, 3.8) is 0 Å². The first-order valence-electron chi connectivity index (χ1n) is 10.9. The minimum absolute atomic E-state index is 0.0686. The molecular formula is C25H25N5O4S. The third-order valence-electron chi connectivity index (χ3n) is 5.31. The van der Waals surface area contributed by atoms with Gasteiger partial charge in [-0.15, -0.1) is 10.2 Å². The van der Waals surface area contributed by atoms with Crippen LogP contribution in [0.3, 0.4) is 0 Å². The lowest BCUT2D eigenvalue weighted by atomic mass is 10.0. The molecular weight excluding hydrogens is 466 g/mol. The van der Waals surface area contributed by atoms with Crippen LogP contribution < -0.4 is 15.4 Å². The molecule has 0 spiro atoms. The molecule has 0 aliphatic heterocycles. The van der Waals surface area contributed by atoms with Gasteiger partial charge in [0.15, 0.2) is 5.82 Å². The molecule has 4 N–H and O–H groups in total. The number of rotatable bonds is 8. The fraction of sp³-hybridized carbons (Fsp3) is 0.160. The Morgan fingerprint density at radius 2 is 1.63 bits per heavy atom. The lowest BCUT2D eigenvalue weighted by Gasteiger charge is -2.13. The average Bonchev–Trinajstić information content (AvgIpc) is 2.84. The van der Waals surface area contributed by atoms with Crippen LogP contribution in [0.25, 0.3) is 22.0 Å². The second kappa shape index (κ2) is 10.2. The summed E-state index contributed by atoms with van der Waals surface area (Å²) in [7, 11) is -3.79. The van der Waals surface area contributed by atoms with E-state index < -0.39 is 10.0 Å². The Labute approximate surface area is 203 Å². The number of hydrogen-bond acceptors (Lipinski definition) is 7. The zero-order valence-electron chi connectivity index (χ0n) is 19.2. The van der Waals surface area contributed by atoms with E-state index >= 15 is 0 Å². The molecule has 1 aromatic heterocycles. The molecule has 0 aliphatic carbocycles. The molecule has 35 heavy (non-hydrogen) atoms. The van der Waals surface area contributed by atoms with Crippen LogP contribution in [-0.4, -0.2) is 42.8 Å². The number of aromatic nitrogens is 2. The Kier molecular flexibility index (Phi) is 7.06. The Bertz CT molecular complexity index is 1490. The van der Waals surface area contributed by atoms with Crippen LogP contribution in [0.1, 0.15) is 12.5 Å². The van der Waals surface area contributed by atoms with E-state index in [1.165, 1.54) is 6.92 Å². The van der Waals surface area contributed by atoms with Crippen molar-refractivity contribution in [3.8, 4) is 11.3 Å². The number of nitrogens with one attached hydrogen (secondary N) is 3. The van der Waals surface area contributed by atoms with E-state index in [1.807, 2.05) is 42.5 Å². The van der Waals surface area contributed by atoms with Gasteiger partial charge < -0.3 is 15.7 Å². The summed E-state index contributed by atoms with van der Waals surface area (Å²) in [6.07, 6.45) is 0. The quantitative estimate of drug-likeness (QED) is 0.296. The van der Waals surface area contributed by atoms with Crippen molar-refractivity contribution >= 4 is 43.9 Å². The van der Waals surface area contributed by atoms with Crippen LogP contribution in [0.15, 0.2) is 71.6 Å². The third kappa shape index (κ3) is 5.46. The van der Waals surface area contributed by atoms with Gasteiger partial charge in [0.2, 0.25) is 15.9 Å². The number of carbonyl (C=O) groups excluding carboxylic acids is 1. The standard InChI is InChI=1S/C25H25N5O4S/c1-16-7-8-18(15-23(16)35(33,34)26-13-14-31)24-21-5-3-4-6-22(21)25(30-29-24)28-20-11-9-19(10-12-20)27-17(2)32/h3-12,15,26,31H,13-14H2,1-2H3,(H,27,32)(H,28,30). The predicted octanol–water partition coefficient (Wildman–Crippen LogP) is 3.58. The van der Waals surface area contributed by atoms with Crippen LogP contribution in [0.5, 0.6) is 0 Å². The topological polar surface area (TPSA) is 133 Å². The number of sulfonamides is 1. The van der Waals surface area contributed by atoms with Gasteiger partial charge in [-0.1, -0.05) is 36.4 Å². The molecule has 0 aliphatic rings. The van der Waals surface area contributed by atoms with E-state index in [1.54, 1.807) is 31.2 Å². The second-order valence-electron chi connectivity index (χ2n) is 7.93. The highest BCUT2D eigenvalue weighted by Gasteiger charge is 2.19. The Morgan fingerprint density at radius 3 is 2.31 bits per heavy atom. The fourth-order valence-electron chi connectivity index (χ4n) is 3.68. The van der Waals surface area contributed by atoms with Gasteiger partial charge in [-0.25, -0.2) is 13.1 Å². The molecule has 1 heterocycles. The molecule has 3 aromatic carbocycles. The van der Waals surface area contributed by atoms with Crippen LogP contribution in [0, 0.1) is 6.92 Å². The van der Waals surface area contributed by atoms with Gasteiger partial charge in [-0.3, -0.25) is 4.79 Å². The van der Waals surface area contributed by atoms with E-state index in [4.69, 9.17) is 5.11 Å². The molecule has 0 atom stereocenters. The van der Waals surface area contributed by atoms with E-state index in [0.717, 1.165) is 16.5 Å². The van der Waals surface area contributed by atoms with Crippen molar-refractivity contribution < 1.29 is 18.3 Å². The number of anilines is 3. The summed E-state index contributed by atoms with van der Waals surface area (Å²) in [5, 5.41) is 25.4. The maximum Gasteiger partial charge on any atom is 0.240 e. The monoisotopic (exact) mass is 491 g/mol. The van der Waals surface area contributed by atoms with Gasteiger partial charge >= 0.3 is 0 Å². The van der Waals surface area contributed by atoms with Crippen molar-refractivity contribution in [2.24, 2.45) is 0 Å². The highest BCUT2D eigenvalue weighted by atomic mass is 32.2. The molecule has 4 rings (SSSR count). The Balaban J connectivity index is 1.72. The molecule has 0 radical (unpaired) electrons. The summed E-state index contributed by atoms with van der Waals surface area (Å²) in [4.78, 5) is 11.4. The van der Waals surface area contributed by atoms with E-state index in [2.05, 4.69) is 25.6 Å². The first-order valence-corrected chi connectivity index (χ1v) is 12.4. The minimum atomic E-state index is -3.79. The van der Waals surface area contributed by atoms with Crippen molar-refractivity contribution in [1.82, 2.24) is 14.9 Å². The molecule has 0 saturated carbocycles. The largest absolute Gasteiger partial charge is 0.395 e. The molecule has 0 unspecified atom stereocenters. The summed E-state index contributed by atoms with van der Waals surface area (Å²) in [6, 6.07) is 19.9. The van der Waals surface area contributed by atoms with E-state index in [9.17, 15) is 13.2 Å². The van der Waals surface area contributed by atoms with Gasteiger partial charge in [-0.05, 0) is 42.8 Å². The molecule has 180 valence electrons. The highest BCUT2D eigenvalue weighted by Crippen LogP contribution is 2.32. The van der Waals surface area contributed by atoms with Crippen LogP contribution >= 0.6 is 0 Å². The molecule has 9 nitrogen and oxygen atoms in total. The molecule has 0 bridgehead atoms. The number of amides is 1. The maximum absolute atomic E-state index is 12.7. The molecule has 0 fully saturated rings. The molecule has 4 aromatic rings. The van der Waals surface area contributed by atoms with Crippen LogP contribution in [0.2, 0.25) is 0 Å². The first-order chi connectivity index (χ1) is 16.8. The van der Waals surface area contributed by atoms with Crippen LogP contribution in [-0.2, 0) is 14.8 Å². The number of aliphatic hydroxyl groups is 1. The molecule has 1 amide bonds. The van der Waals surface area contributed by atoms with Crippen molar-refractivity contribution in [3.05, 3.63) is 72.3 Å². The first kappa shape index (κ1) is 24.3. The number of nitrogens with zero attached hydrogens (tertiary/aromatic N) is 2. The predicted molar refractivity (Wildman–Crippen MR) is 136 cm³/mol. The van der Waals surface area contributed by atoms with Crippen molar-refractivity contribution in [1.29, 1.82) is 0 Å². The number of carbonyl (C=O) groups is 1. The number of aryl methyl sites for hydroxylation is 1. The summed E-state index contributed by atoms with van der Waals surface area (Å²) in [6.45, 7) is 2.80. The second-order valence-corrected chi connectivity index (χ2v) is 9.66. The summed E-state index contributed by atoms with van der Waals surface area (Å²) in [5.41, 5.74) is 3.19. The lowest BCUT2D eigenvalue weighted by Crippen LogP contribution is -2.27. The Hall–Kier alpha value is -3.86. The van der Waals surface area contributed by atoms with Crippen molar-refractivity contribution in [2.45, 2.75) is 18.7 Å². The zero-order chi connectivity index (χ0) is 25.0. The van der Waals surface area contributed by atoms with Gasteiger partial charge in [0, 0.05) is 41.2 Å². The number of aliphatic hydroxyl groups excluding tert-OH is 1. The van der Waals surface area contributed by atoms with Gasteiger partial charge in [0.05, 0.1) is 11.5 Å². The van der Waals surface area contributed by atoms with Gasteiger partial charge in [0.25, 0.3) is 0 Å². The molecule has 10 heteroatoms. The normalized spacial score (nSPS) is 11.4. The third-order valence-corrected chi connectivity index (χ3v) is 6.91. The lowest BCUT2D eigenvalue weighted by molar-refractivity contribution is -0.114. The molecule has 0 saturated heterocycles. The van der Waals surface area contributed by atoms with Gasteiger partial charge in [-0.2, -0.15) is 0 Å². The highest BCUT2D eigenvalue weighted by molar-refractivity contribution is 7.89. The zero-order valence-corrected chi connectivity index (χ0v) is 20.1. The summed E-state index contributed by atoms with van der Waals surface area (Å²) >= 11 is 0. The number of hydrogen-bond donors (Lipinski definition) is 4. The van der Waals surface area contributed by atoms with Gasteiger partial charge in [0.1, 0.15) is 5.69 Å². The van der Waals surface area contributed by atoms with Crippen molar-refractivity contribution in [2.75, 3.05) is 23.8 Å². The number of fused-ring (bicyclic) bond motifs is 1. The smallest absolute Gasteiger partial charge is 0.240 e. The Morgan fingerprint density at radius 1 is 0.943 bits per heavy atom. The van der Waals surface area contributed by atoms with Crippen LogP contribution in [0.4, 0.5) is 17.2 Å². The fourth-order valence-corrected chi connectivity index (χ4v) is 4.97. The summed E-state index contributed by atoms with van der Waals surface area (Å²) in [5.74, 6) is 0.399. The number of benzene rings is 3. The van der Waals surface area contributed by atoms with E-state index in [0.29, 0.717) is 28.3 Å². The summed E-state index contributed by atoms with van der Waals surface area (Å²) < 4.78 is 27.8. The average molecular weight is 492 g/mol. The van der Waals surface area contributed by atoms with E-state index in [-0.39, 0.29) is 24.0 Å². The maximum atomic E-state index is 12.7.